The summed E-state index contributed by atoms with van der Waals surface area (Å²) < 4.78 is 1.74. The molecule has 6 heteroatoms. The average molecular weight is 339 g/mol. The van der Waals surface area contributed by atoms with E-state index in [4.69, 9.17) is 0 Å². The van der Waals surface area contributed by atoms with Crippen molar-refractivity contribution in [3.05, 3.63) is 42.1 Å². The second-order valence-electron chi connectivity index (χ2n) is 6.91. The second-order valence-corrected chi connectivity index (χ2v) is 6.91. The van der Waals surface area contributed by atoms with Gasteiger partial charge in [-0.1, -0.05) is 30.3 Å². The monoisotopic (exact) mass is 339 g/mol. The molecule has 2 aromatic rings. The lowest BCUT2D eigenvalue weighted by molar-refractivity contribution is 0.0774. The summed E-state index contributed by atoms with van der Waals surface area (Å²) in [4.78, 5) is 17.6. The normalized spacial score (nSPS) is 21.6. The first-order valence-electron chi connectivity index (χ1n) is 9.05. The molecule has 1 unspecified atom stereocenters. The van der Waals surface area contributed by atoms with Gasteiger partial charge in [0, 0.05) is 64.1 Å². The van der Waals surface area contributed by atoms with Crippen LogP contribution < -0.4 is 5.32 Å². The predicted octanol–water partition coefficient (Wildman–Crippen LogP) is 1.21. The minimum absolute atomic E-state index is 0.101. The first-order chi connectivity index (χ1) is 12.2. The molecule has 132 valence electrons. The van der Waals surface area contributed by atoms with Gasteiger partial charge in [-0.2, -0.15) is 5.10 Å². The largest absolute Gasteiger partial charge is 0.337 e. The molecule has 0 aliphatic carbocycles. The molecule has 0 radical (unpaired) electrons. The van der Waals surface area contributed by atoms with Crippen LogP contribution in [0.5, 0.6) is 0 Å². The Hall–Kier alpha value is -2.18. The van der Waals surface area contributed by atoms with Gasteiger partial charge in [0.25, 0.3) is 5.91 Å². The number of amides is 1. The third-order valence-corrected chi connectivity index (χ3v) is 5.22. The van der Waals surface area contributed by atoms with E-state index in [0.717, 1.165) is 56.9 Å². The molecule has 2 fully saturated rings. The minimum atomic E-state index is 0.101. The Morgan fingerprint density at radius 3 is 2.68 bits per heavy atom. The Morgan fingerprint density at radius 2 is 1.92 bits per heavy atom. The quantitative estimate of drug-likeness (QED) is 0.913. The van der Waals surface area contributed by atoms with Crippen LogP contribution in [0.25, 0.3) is 11.3 Å². The van der Waals surface area contributed by atoms with E-state index in [2.05, 4.69) is 15.3 Å². The number of aromatic nitrogens is 2. The predicted molar refractivity (Wildman–Crippen MR) is 97.4 cm³/mol. The SMILES string of the molecule is Cn1cc(C(=O)N2CCC(N3CCNCC3)C2)c(-c2ccccc2)n1. The molecular formula is C19H25N5O. The molecule has 0 saturated carbocycles. The summed E-state index contributed by atoms with van der Waals surface area (Å²) >= 11 is 0. The second kappa shape index (κ2) is 6.98. The van der Waals surface area contributed by atoms with Gasteiger partial charge >= 0.3 is 0 Å². The highest BCUT2D eigenvalue weighted by atomic mass is 16.2. The number of aryl methyl sites for hydroxylation is 1. The van der Waals surface area contributed by atoms with Crippen LogP contribution in [-0.2, 0) is 7.05 Å². The fourth-order valence-electron chi connectivity index (χ4n) is 3.90. The van der Waals surface area contributed by atoms with E-state index in [-0.39, 0.29) is 5.91 Å². The third-order valence-electron chi connectivity index (χ3n) is 5.22. The van der Waals surface area contributed by atoms with Gasteiger partial charge in [0.2, 0.25) is 0 Å². The minimum Gasteiger partial charge on any atom is -0.337 e. The Kier molecular flexibility index (Phi) is 4.55. The number of carbonyl (C=O) groups is 1. The number of hydrogen-bond donors (Lipinski definition) is 1. The van der Waals surface area contributed by atoms with Crippen molar-refractivity contribution in [3.63, 3.8) is 0 Å². The number of piperazine rings is 1. The summed E-state index contributed by atoms with van der Waals surface area (Å²) in [5, 5.41) is 7.93. The van der Waals surface area contributed by atoms with E-state index in [1.54, 1.807) is 4.68 Å². The zero-order valence-electron chi connectivity index (χ0n) is 14.7. The number of carbonyl (C=O) groups excluding carboxylic acids is 1. The van der Waals surface area contributed by atoms with Crippen LogP contribution >= 0.6 is 0 Å². The van der Waals surface area contributed by atoms with Crippen molar-refractivity contribution in [2.24, 2.45) is 7.05 Å². The van der Waals surface area contributed by atoms with Crippen LogP contribution in [0.15, 0.2) is 36.5 Å². The summed E-state index contributed by atoms with van der Waals surface area (Å²) in [5.74, 6) is 0.101. The number of hydrogen-bond acceptors (Lipinski definition) is 4. The fourth-order valence-corrected chi connectivity index (χ4v) is 3.90. The first-order valence-corrected chi connectivity index (χ1v) is 9.05. The number of nitrogens with zero attached hydrogens (tertiary/aromatic N) is 4. The molecule has 6 nitrogen and oxygen atoms in total. The van der Waals surface area contributed by atoms with Crippen LogP contribution in [-0.4, -0.2) is 70.8 Å². The van der Waals surface area contributed by atoms with Crippen molar-refractivity contribution >= 4 is 5.91 Å². The maximum Gasteiger partial charge on any atom is 0.257 e. The fraction of sp³-hybridized carbons (Fsp3) is 0.474. The van der Waals surface area contributed by atoms with Crippen molar-refractivity contribution in [3.8, 4) is 11.3 Å². The number of rotatable bonds is 3. The van der Waals surface area contributed by atoms with Gasteiger partial charge in [-0.15, -0.1) is 0 Å². The summed E-state index contributed by atoms with van der Waals surface area (Å²) in [7, 11) is 1.87. The molecule has 1 aromatic carbocycles. The molecule has 4 rings (SSSR count). The highest BCUT2D eigenvalue weighted by Gasteiger charge is 2.32. The smallest absolute Gasteiger partial charge is 0.257 e. The van der Waals surface area contributed by atoms with E-state index >= 15 is 0 Å². The maximum absolute atomic E-state index is 13.1. The molecule has 2 saturated heterocycles. The number of nitrogens with one attached hydrogen (secondary N) is 1. The average Bonchev–Trinajstić information content (AvgIpc) is 3.30. The molecule has 1 amide bonds. The zero-order valence-corrected chi connectivity index (χ0v) is 14.7. The van der Waals surface area contributed by atoms with E-state index in [1.807, 2.05) is 48.5 Å². The van der Waals surface area contributed by atoms with Gasteiger partial charge in [0.05, 0.1) is 5.56 Å². The molecule has 2 aliphatic heterocycles. The van der Waals surface area contributed by atoms with E-state index in [0.29, 0.717) is 11.6 Å². The Balaban J connectivity index is 1.52. The van der Waals surface area contributed by atoms with Crippen LogP contribution in [0.3, 0.4) is 0 Å². The van der Waals surface area contributed by atoms with Crippen LogP contribution in [0.1, 0.15) is 16.8 Å². The van der Waals surface area contributed by atoms with Crippen molar-refractivity contribution in [1.82, 2.24) is 24.9 Å². The first kappa shape index (κ1) is 16.3. The van der Waals surface area contributed by atoms with Crippen molar-refractivity contribution in [2.45, 2.75) is 12.5 Å². The molecule has 25 heavy (non-hydrogen) atoms. The summed E-state index contributed by atoms with van der Waals surface area (Å²) in [6.07, 6.45) is 2.91. The topological polar surface area (TPSA) is 53.4 Å². The Bertz CT molecular complexity index is 736. The number of likely N-dealkylation sites (tertiary alicyclic amines) is 1. The lowest BCUT2D eigenvalue weighted by atomic mass is 10.1. The van der Waals surface area contributed by atoms with Crippen LogP contribution in [0.2, 0.25) is 0 Å². The molecule has 1 atom stereocenters. The molecule has 0 bridgehead atoms. The van der Waals surface area contributed by atoms with Crippen molar-refractivity contribution in [1.29, 1.82) is 0 Å². The summed E-state index contributed by atoms with van der Waals surface area (Å²) in [6.45, 7) is 5.90. The Labute approximate surface area is 148 Å². The molecule has 2 aliphatic rings. The van der Waals surface area contributed by atoms with Gasteiger partial charge in [0.1, 0.15) is 5.69 Å². The van der Waals surface area contributed by atoms with Crippen molar-refractivity contribution < 1.29 is 4.79 Å². The van der Waals surface area contributed by atoms with Gasteiger partial charge in [-0.25, -0.2) is 0 Å². The maximum atomic E-state index is 13.1. The summed E-state index contributed by atoms with van der Waals surface area (Å²) in [6, 6.07) is 10.4. The van der Waals surface area contributed by atoms with Crippen LogP contribution in [0, 0.1) is 0 Å². The highest BCUT2D eigenvalue weighted by Crippen LogP contribution is 2.25. The molecular weight excluding hydrogens is 314 g/mol. The van der Waals surface area contributed by atoms with Crippen LogP contribution in [0.4, 0.5) is 0 Å². The lowest BCUT2D eigenvalue weighted by Gasteiger charge is -2.32. The molecule has 1 N–H and O–H groups in total. The Morgan fingerprint density at radius 1 is 1.16 bits per heavy atom. The molecule has 0 spiro atoms. The van der Waals surface area contributed by atoms with E-state index in [1.165, 1.54) is 0 Å². The van der Waals surface area contributed by atoms with Gasteiger partial charge in [-0.3, -0.25) is 14.4 Å². The molecule has 1 aromatic heterocycles. The highest BCUT2D eigenvalue weighted by molar-refractivity contribution is 6.00. The van der Waals surface area contributed by atoms with Gasteiger partial charge in [-0.05, 0) is 6.42 Å². The number of benzene rings is 1. The molecule has 3 heterocycles. The van der Waals surface area contributed by atoms with E-state index < -0.39 is 0 Å². The lowest BCUT2D eigenvalue weighted by Crippen LogP contribution is -2.49. The van der Waals surface area contributed by atoms with E-state index in [9.17, 15) is 4.79 Å². The van der Waals surface area contributed by atoms with Crippen molar-refractivity contribution in [2.75, 3.05) is 39.3 Å². The standard InChI is InChI=1S/C19H25N5O/c1-22-14-17(18(21-22)15-5-3-2-4-6-15)19(25)24-10-7-16(13-24)23-11-8-20-9-12-23/h2-6,14,16,20H,7-13H2,1H3. The van der Waals surface area contributed by atoms with Gasteiger partial charge in [0.15, 0.2) is 0 Å². The zero-order chi connectivity index (χ0) is 17.2. The summed E-state index contributed by atoms with van der Waals surface area (Å²) in [5.41, 5.74) is 2.47. The van der Waals surface area contributed by atoms with Gasteiger partial charge < -0.3 is 10.2 Å². The third kappa shape index (κ3) is 3.32.